The molecule has 0 amide bonds. The molecule has 2 aromatic heterocycles. The van der Waals surface area contributed by atoms with E-state index in [1.54, 1.807) is 0 Å². The Hall–Kier alpha value is -6.94. The second-order valence-corrected chi connectivity index (χ2v) is 15.2. The number of anilines is 3. The van der Waals surface area contributed by atoms with Crippen LogP contribution < -0.4 is 4.90 Å². The summed E-state index contributed by atoms with van der Waals surface area (Å²) in [4.78, 5) is 2.34. The first-order chi connectivity index (χ1) is 27.2. The van der Waals surface area contributed by atoms with Gasteiger partial charge in [0.1, 0.15) is 11.2 Å². The SMILES string of the molecule is c1cc(-c2cccc(N(c3ccc(-c4cccc5c4sc4ccccc45)cc3)c3ccc4c(c3)oc3ccccc34)c2)cc(-c2cccc3ccccc23)c1. The minimum absolute atomic E-state index is 0.871. The summed E-state index contributed by atoms with van der Waals surface area (Å²) in [6.45, 7) is 0. The van der Waals surface area contributed by atoms with Crippen molar-refractivity contribution in [3.8, 4) is 33.4 Å². The molecule has 0 aliphatic carbocycles. The van der Waals surface area contributed by atoms with Gasteiger partial charge >= 0.3 is 0 Å². The van der Waals surface area contributed by atoms with Gasteiger partial charge in [-0.2, -0.15) is 0 Å². The van der Waals surface area contributed by atoms with Gasteiger partial charge in [-0.25, -0.2) is 0 Å². The Balaban J connectivity index is 1.03. The lowest BCUT2D eigenvalue weighted by molar-refractivity contribution is 0.669. The van der Waals surface area contributed by atoms with E-state index in [0.29, 0.717) is 0 Å². The molecule has 0 aliphatic rings. The topological polar surface area (TPSA) is 16.4 Å². The Morgan fingerprint density at radius 1 is 0.345 bits per heavy atom. The molecule has 0 fully saturated rings. The van der Waals surface area contributed by atoms with Crippen molar-refractivity contribution in [2.24, 2.45) is 0 Å². The maximum Gasteiger partial charge on any atom is 0.137 e. The molecule has 0 spiro atoms. The summed E-state index contributed by atoms with van der Waals surface area (Å²) in [6.07, 6.45) is 0. The van der Waals surface area contributed by atoms with Crippen molar-refractivity contribution in [1.29, 1.82) is 0 Å². The molecule has 0 unspecified atom stereocenters. The highest BCUT2D eigenvalue weighted by Gasteiger charge is 2.18. The third-order valence-corrected chi connectivity index (χ3v) is 12.1. The number of thiophene rings is 1. The van der Waals surface area contributed by atoms with Crippen molar-refractivity contribution in [1.82, 2.24) is 0 Å². The summed E-state index contributed by atoms with van der Waals surface area (Å²) in [7, 11) is 0. The number of nitrogens with zero attached hydrogens (tertiary/aromatic N) is 1. The summed E-state index contributed by atoms with van der Waals surface area (Å²) in [5, 5.41) is 7.37. The van der Waals surface area contributed by atoms with Crippen LogP contribution in [0.25, 0.3) is 86.3 Å². The molecule has 0 N–H and O–H groups in total. The smallest absolute Gasteiger partial charge is 0.137 e. The van der Waals surface area contributed by atoms with Gasteiger partial charge in [0.05, 0.1) is 0 Å². The molecule has 0 radical (unpaired) electrons. The average Bonchev–Trinajstić information content (AvgIpc) is 3.82. The number of hydrogen-bond acceptors (Lipinski definition) is 3. The lowest BCUT2D eigenvalue weighted by Crippen LogP contribution is -2.10. The number of furan rings is 1. The standard InChI is InChI=1S/C52H33NOS/c1-2-17-42-34(11-1)12-9-20-43(42)38-15-7-13-36(31-38)37-14-8-16-40(32-37)53(41-29-30-46-45-18-3-5-23-49(45)54-50(46)33-41)39-27-25-35(26-28-39)44-21-10-22-48-47-19-4-6-24-51(47)55-52(44)48/h1-33H. The van der Waals surface area contributed by atoms with E-state index in [9.17, 15) is 0 Å². The number of hydrogen-bond donors (Lipinski definition) is 0. The minimum atomic E-state index is 0.871. The number of rotatable bonds is 6. The van der Waals surface area contributed by atoms with Gasteiger partial charge in [0.25, 0.3) is 0 Å². The molecular weight excluding hydrogens is 687 g/mol. The van der Waals surface area contributed by atoms with Crippen molar-refractivity contribution < 1.29 is 4.42 Å². The maximum absolute atomic E-state index is 6.41. The quantitative estimate of drug-likeness (QED) is 0.170. The molecule has 0 saturated heterocycles. The van der Waals surface area contributed by atoms with Gasteiger partial charge in [0.15, 0.2) is 0 Å². The highest BCUT2D eigenvalue weighted by atomic mass is 32.1. The van der Waals surface area contributed by atoms with Crippen LogP contribution in [0.4, 0.5) is 17.1 Å². The second kappa shape index (κ2) is 12.9. The zero-order valence-electron chi connectivity index (χ0n) is 29.8. The van der Waals surface area contributed by atoms with E-state index in [-0.39, 0.29) is 0 Å². The third kappa shape index (κ3) is 5.40. The molecular formula is C52H33NOS. The number of fused-ring (bicyclic) bond motifs is 7. The Morgan fingerprint density at radius 3 is 1.87 bits per heavy atom. The van der Waals surface area contributed by atoms with E-state index < -0.39 is 0 Å². The van der Waals surface area contributed by atoms with E-state index in [2.05, 4.69) is 193 Å². The first-order valence-corrected chi connectivity index (χ1v) is 19.5. The molecule has 0 atom stereocenters. The molecule has 9 aromatic carbocycles. The van der Waals surface area contributed by atoms with Crippen LogP contribution in [0, 0.1) is 0 Å². The normalized spacial score (nSPS) is 11.6. The van der Waals surface area contributed by atoms with Crippen LogP contribution in [0.3, 0.4) is 0 Å². The van der Waals surface area contributed by atoms with Crippen molar-refractivity contribution in [2.45, 2.75) is 0 Å². The first-order valence-electron chi connectivity index (χ1n) is 18.7. The molecule has 0 bridgehead atoms. The third-order valence-electron chi connectivity index (χ3n) is 10.9. The van der Waals surface area contributed by atoms with Crippen LogP contribution in [0.2, 0.25) is 0 Å². The van der Waals surface area contributed by atoms with Crippen molar-refractivity contribution in [3.05, 3.63) is 200 Å². The fourth-order valence-electron chi connectivity index (χ4n) is 8.23. The van der Waals surface area contributed by atoms with Gasteiger partial charge < -0.3 is 9.32 Å². The first kappa shape index (κ1) is 31.6. The maximum atomic E-state index is 6.41. The summed E-state index contributed by atoms with van der Waals surface area (Å²) in [5.41, 5.74) is 12.2. The van der Waals surface area contributed by atoms with Gasteiger partial charge in [-0.05, 0) is 98.8 Å². The van der Waals surface area contributed by atoms with Gasteiger partial charge in [0.2, 0.25) is 0 Å². The number of para-hydroxylation sites is 1. The highest BCUT2D eigenvalue weighted by molar-refractivity contribution is 7.26. The molecule has 2 heterocycles. The van der Waals surface area contributed by atoms with E-state index in [4.69, 9.17) is 4.42 Å². The molecule has 0 aliphatic heterocycles. The summed E-state index contributed by atoms with van der Waals surface area (Å²) >= 11 is 1.87. The molecule has 55 heavy (non-hydrogen) atoms. The van der Waals surface area contributed by atoms with Crippen LogP contribution in [-0.2, 0) is 0 Å². The molecule has 258 valence electrons. The van der Waals surface area contributed by atoms with Crippen molar-refractivity contribution >= 4 is 81.3 Å². The van der Waals surface area contributed by atoms with Crippen LogP contribution in [0.5, 0.6) is 0 Å². The van der Waals surface area contributed by atoms with Gasteiger partial charge in [0, 0.05) is 54.1 Å². The largest absolute Gasteiger partial charge is 0.456 e. The number of benzene rings is 9. The Kier molecular flexibility index (Phi) is 7.39. The molecule has 11 aromatic rings. The predicted octanol–water partition coefficient (Wildman–Crippen LogP) is 15.6. The fraction of sp³-hybridized carbons (Fsp3) is 0. The van der Waals surface area contributed by atoms with Crippen molar-refractivity contribution in [2.75, 3.05) is 4.90 Å². The monoisotopic (exact) mass is 719 g/mol. The zero-order chi connectivity index (χ0) is 36.3. The van der Waals surface area contributed by atoms with E-state index in [1.165, 1.54) is 58.8 Å². The van der Waals surface area contributed by atoms with Crippen LogP contribution in [0.15, 0.2) is 205 Å². The summed E-state index contributed by atoms with van der Waals surface area (Å²) in [5.74, 6) is 0. The van der Waals surface area contributed by atoms with Gasteiger partial charge in [-0.15, -0.1) is 11.3 Å². The molecule has 0 saturated carbocycles. The molecule has 2 nitrogen and oxygen atoms in total. The van der Waals surface area contributed by atoms with E-state index >= 15 is 0 Å². The second-order valence-electron chi connectivity index (χ2n) is 14.1. The minimum Gasteiger partial charge on any atom is -0.456 e. The summed E-state index contributed by atoms with van der Waals surface area (Å²) < 4.78 is 9.05. The highest BCUT2D eigenvalue weighted by Crippen LogP contribution is 2.43. The molecule has 11 rings (SSSR count). The van der Waals surface area contributed by atoms with Crippen LogP contribution >= 0.6 is 11.3 Å². The zero-order valence-corrected chi connectivity index (χ0v) is 30.6. The van der Waals surface area contributed by atoms with Crippen molar-refractivity contribution in [3.63, 3.8) is 0 Å². The summed E-state index contributed by atoms with van der Waals surface area (Å²) in [6, 6.07) is 72.2. The van der Waals surface area contributed by atoms with Crippen LogP contribution in [-0.4, -0.2) is 0 Å². The van der Waals surface area contributed by atoms with Gasteiger partial charge in [-0.1, -0.05) is 140 Å². The van der Waals surface area contributed by atoms with E-state index in [1.807, 2.05) is 23.5 Å². The Bertz CT molecular complexity index is 3220. The lowest BCUT2D eigenvalue weighted by atomic mass is 9.95. The fourth-order valence-corrected chi connectivity index (χ4v) is 9.47. The van der Waals surface area contributed by atoms with E-state index in [0.717, 1.165) is 44.6 Å². The van der Waals surface area contributed by atoms with Gasteiger partial charge in [-0.3, -0.25) is 0 Å². The lowest BCUT2D eigenvalue weighted by Gasteiger charge is -2.26. The Morgan fingerprint density at radius 2 is 0.964 bits per heavy atom. The predicted molar refractivity (Wildman–Crippen MR) is 235 cm³/mol. The van der Waals surface area contributed by atoms with Crippen LogP contribution in [0.1, 0.15) is 0 Å². The average molecular weight is 720 g/mol. The Labute approximate surface area is 322 Å². The molecule has 3 heteroatoms.